The maximum atomic E-state index is 14.2. The molecule has 5 nitrogen and oxygen atoms in total. The number of fused-ring (bicyclic) bond motifs is 1. The fraction of sp³-hybridized carbons (Fsp3) is 0.360. The molecular formula is C25H29FN4O. The number of halogens is 1. The number of carbonyl (C=O) groups is 1. The summed E-state index contributed by atoms with van der Waals surface area (Å²) >= 11 is 0. The van der Waals surface area contributed by atoms with Crippen molar-refractivity contribution >= 4 is 22.9 Å². The summed E-state index contributed by atoms with van der Waals surface area (Å²) in [5.41, 5.74) is 5.46. The summed E-state index contributed by atoms with van der Waals surface area (Å²) in [5.74, 6) is -0.629. The lowest BCUT2D eigenvalue weighted by Gasteiger charge is -2.23. The molecule has 0 bridgehead atoms. The average Bonchev–Trinajstić information content (AvgIpc) is 3.31. The third-order valence-corrected chi connectivity index (χ3v) is 6.12. The molecule has 1 aliphatic heterocycles. The highest BCUT2D eigenvalue weighted by atomic mass is 19.1. The van der Waals surface area contributed by atoms with Gasteiger partial charge in [0, 0.05) is 49.5 Å². The number of carbonyl (C=O) groups excluding carboxylic acids is 1. The summed E-state index contributed by atoms with van der Waals surface area (Å²) in [7, 11) is 3.87. The third kappa shape index (κ3) is 4.00. The Labute approximate surface area is 182 Å². The fourth-order valence-corrected chi connectivity index (χ4v) is 4.18. The maximum absolute atomic E-state index is 14.2. The number of likely N-dealkylation sites (tertiary alicyclic amines) is 1. The zero-order chi connectivity index (χ0) is 22.3. The van der Waals surface area contributed by atoms with Gasteiger partial charge in [0.2, 0.25) is 0 Å². The lowest BCUT2D eigenvalue weighted by molar-refractivity contribution is 0.0754. The van der Waals surface area contributed by atoms with Crippen molar-refractivity contribution in [2.45, 2.75) is 33.2 Å². The van der Waals surface area contributed by atoms with E-state index in [2.05, 4.69) is 23.0 Å². The van der Waals surface area contributed by atoms with Gasteiger partial charge in [-0.25, -0.2) is 4.39 Å². The van der Waals surface area contributed by atoms with Gasteiger partial charge in [-0.2, -0.15) is 0 Å². The van der Waals surface area contributed by atoms with Crippen LogP contribution in [0.25, 0.3) is 22.7 Å². The second kappa shape index (κ2) is 8.27. The van der Waals surface area contributed by atoms with Crippen molar-refractivity contribution in [3.8, 4) is 5.69 Å². The lowest BCUT2D eigenvalue weighted by atomic mass is 10.1. The molecule has 0 atom stereocenters. The molecular weight excluding hydrogens is 391 g/mol. The van der Waals surface area contributed by atoms with Crippen molar-refractivity contribution in [1.82, 2.24) is 19.4 Å². The van der Waals surface area contributed by atoms with E-state index in [1.165, 1.54) is 17.7 Å². The number of nitrogens with zero attached hydrogens (tertiary/aromatic N) is 4. The van der Waals surface area contributed by atoms with Crippen LogP contribution in [-0.4, -0.2) is 58.5 Å². The van der Waals surface area contributed by atoms with E-state index in [9.17, 15) is 9.18 Å². The van der Waals surface area contributed by atoms with Gasteiger partial charge in [0.05, 0.1) is 23.0 Å². The Balaban J connectivity index is 1.92. The highest BCUT2D eigenvalue weighted by Crippen LogP contribution is 2.31. The van der Waals surface area contributed by atoms with Crippen LogP contribution in [0.15, 0.2) is 42.4 Å². The topological polar surface area (TPSA) is 41.4 Å². The molecule has 0 radical (unpaired) electrons. The van der Waals surface area contributed by atoms with Gasteiger partial charge in [0.15, 0.2) is 0 Å². The second-order valence-electron chi connectivity index (χ2n) is 8.77. The van der Waals surface area contributed by atoms with Crippen LogP contribution in [0, 0.1) is 12.7 Å². The number of hydrogen-bond donors (Lipinski definition) is 0. The Morgan fingerprint density at radius 1 is 1.29 bits per heavy atom. The number of aromatic nitrogens is 2. The summed E-state index contributed by atoms with van der Waals surface area (Å²) in [5, 5.41) is 1.11. The molecule has 1 fully saturated rings. The Kier molecular flexibility index (Phi) is 5.67. The molecule has 1 saturated heterocycles. The SMILES string of the molecule is Cc1cncc2c1c(/C=C1\CCN(C)C1)cn2-c1ccc(F)cc1C(=O)N(C)C(C)C. The zero-order valence-corrected chi connectivity index (χ0v) is 18.8. The highest BCUT2D eigenvalue weighted by Gasteiger charge is 2.22. The molecule has 6 heteroatoms. The van der Waals surface area contributed by atoms with Gasteiger partial charge < -0.3 is 14.4 Å². The largest absolute Gasteiger partial charge is 0.339 e. The maximum Gasteiger partial charge on any atom is 0.256 e. The highest BCUT2D eigenvalue weighted by molar-refractivity contribution is 6.00. The van der Waals surface area contributed by atoms with E-state index >= 15 is 0 Å². The van der Waals surface area contributed by atoms with E-state index in [0.717, 1.165) is 41.5 Å². The molecule has 1 aliphatic rings. The van der Waals surface area contributed by atoms with Crippen LogP contribution in [0.1, 0.15) is 41.8 Å². The number of rotatable bonds is 4. The normalized spacial score (nSPS) is 16.0. The lowest BCUT2D eigenvalue weighted by Crippen LogP contribution is -2.33. The second-order valence-corrected chi connectivity index (χ2v) is 8.77. The molecule has 3 aromatic rings. The van der Waals surface area contributed by atoms with Crippen molar-refractivity contribution in [3.63, 3.8) is 0 Å². The Morgan fingerprint density at radius 2 is 2.06 bits per heavy atom. The minimum absolute atomic E-state index is 0.00795. The molecule has 1 amide bonds. The minimum Gasteiger partial charge on any atom is -0.339 e. The summed E-state index contributed by atoms with van der Waals surface area (Å²) in [6.45, 7) is 7.95. The predicted molar refractivity (Wildman–Crippen MR) is 123 cm³/mol. The van der Waals surface area contributed by atoms with E-state index in [1.54, 1.807) is 18.0 Å². The number of likely N-dealkylation sites (N-methyl/N-ethyl adjacent to an activating group) is 1. The Bertz CT molecular complexity index is 1180. The van der Waals surface area contributed by atoms with Gasteiger partial charge in [-0.1, -0.05) is 11.6 Å². The monoisotopic (exact) mass is 420 g/mol. The first-order valence-electron chi connectivity index (χ1n) is 10.7. The predicted octanol–water partition coefficient (Wildman–Crippen LogP) is 4.67. The number of hydrogen-bond acceptors (Lipinski definition) is 3. The van der Waals surface area contributed by atoms with E-state index in [0.29, 0.717) is 11.3 Å². The summed E-state index contributed by atoms with van der Waals surface area (Å²) in [4.78, 5) is 21.5. The van der Waals surface area contributed by atoms with Gasteiger partial charge in [-0.3, -0.25) is 9.78 Å². The fourth-order valence-electron chi connectivity index (χ4n) is 4.18. The number of amides is 1. The summed E-state index contributed by atoms with van der Waals surface area (Å²) < 4.78 is 16.1. The molecule has 0 unspecified atom stereocenters. The van der Waals surface area contributed by atoms with Crippen LogP contribution < -0.4 is 0 Å². The standard InChI is InChI=1S/C25H29FN4O/c1-16(2)29(5)25(31)21-11-20(26)6-7-22(21)30-15-19(10-18-8-9-28(4)14-18)24-17(3)12-27-13-23(24)30/h6-7,10-13,15-16H,8-9,14H2,1-5H3/b18-10+. The molecule has 0 spiro atoms. The van der Waals surface area contributed by atoms with Crippen LogP contribution >= 0.6 is 0 Å². The molecule has 4 rings (SSSR count). The van der Waals surface area contributed by atoms with Crippen LogP contribution in [-0.2, 0) is 0 Å². The van der Waals surface area contributed by atoms with Gasteiger partial charge in [0.1, 0.15) is 5.82 Å². The van der Waals surface area contributed by atoms with E-state index in [4.69, 9.17) is 0 Å². The van der Waals surface area contributed by atoms with Crippen molar-refractivity contribution in [1.29, 1.82) is 0 Å². The smallest absolute Gasteiger partial charge is 0.256 e. The van der Waals surface area contributed by atoms with Crippen LogP contribution in [0.2, 0.25) is 0 Å². The van der Waals surface area contributed by atoms with Crippen LogP contribution in [0.4, 0.5) is 4.39 Å². The van der Waals surface area contributed by atoms with Crippen LogP contribution in [0.3, 0.4) is 0 Å². The van der Waals surface area contributed by atoms with Gasteiger partial charge >= 0.3 is 0 Å². The quantitative estimate of drug-likeness (QED) is 0.616. The first-order valence-corrected chi connectivity index (χ1v) is 10.7. The molecule has 31 heavy (non-hydrogen) atoms. The Morgan fingerprint density at radius 3 is 2.74 bits per heavy atom. The molecule has 0 aliphatic carbocycles. The first kappa shape index (κ1) is 21.2. The van der Waals surface area contributed by atoms with Crippen molar-refractivity contribution in [2.75, 3.05) is 27.2 Å². The van der Waals surface area contributed by atoms with Gasteiger partial charge in [-0.15, -0.1) is 0 Å². The number of benzene rings is 1. The Hall–Kier alpha value is -2.99. The van der Waals surface area contributed by atoms with Crippen molar-refractivity contribution in [3.05, 3.63) is 64.9 Å². The van der Waals surface area contributed by atoms with Gasteiger partial charge in [0.25, 0.3) is 5.91 Å². The van der Waals surface area contributed by atoms with E-state index < -0.39 is 5.82 Å². The average molecular weight is 421 g/mol. The zero-order valence-electron chi connectivity index (χ0n) is 18.8. The number of aryl methyl sites for hydroxylation is 1. The molecule has 1 aromatic carbocycles. The molecule has 3 heterocycles. The first-order chi connectivity index (χ1) is 14.8. The van der Waals surface area contributed by atoms with E-state index in [-0.39, 0.29) is 11.9 Å². The molecule has 162 valence electrons. The van der Waals surface area contributed by atoms with Crippen molar-refractivity contribution in [2.24, 2.45) is 0 Å². The van der Waals surface area contributed by atoms with Crippen LogP contribution in [0.5, 0.6) is 0 Å². The molecule has 0 N–H and O–H groups in total. The number of pyridine rings is 1. The van der Waals surface area contributed by atoms with E-state index in [1.807, 2.05) is 43.9 Å². The van der Waals surface area contributed by atoms with Crippen molar-refractivity contribution < 1.29 is 9.18 Å². The third-order valence-electron chi connectivity index (χ3n) is 6.12. The summed E-state index contributed by atoms with van der Waals surface area (Å²) in [6, 6.07) is 4.42. The summed E-state index contributed by atoms with van der Waals surface area (Å²) in [6.07, 6.45) is 9.02. The minimum atomic E-state index is -0.425. The molecule has 2 aromatic heterocycles. The molecule has 0 saturated carbocycles. The van der Waals surface area contributed by atoms with Gasteiger partial charge in [-0.05, 0) is 58.0 Å².